The lowest BCUT2D eigenvalue weighted by atomic mass is 9.97. The molecule has 0 bridgehead atoms. The molecule has 2 N–H and O–H groups in total. The zero-order chi connectivity index (χ0) is 16.3. The predicted octanol–water partition coefficient (Wildman–Crippen LogP) is 3.72. The lowest BCUT2D eigenvalue weighted by Gasteiger charge is -2.11. The van der Waals surface area contributed by atoms with E-state index in [0.29, 0.717) is 25.5 Å². The summed E-state index contributed by atoms with van der Waals surface area (Å²) in [6, 6.07) is 0.717. The van der Waals surface area contributed by atoms with Crippen LogP contribution in [0.15, 0.2) is 28.7 Å². The summed E-state index contributed by atoms with van der Waals surface area (Å²) in [7, 11) is 0. The molecule has 0 saturated heterocycles. The summed E-state index contributed by atoms with van der Waals surface area (Å²) >= 11 is 5.69. The van der Waals surface area contributed by atoms with Crippen LogP contribution in [0.25, 0.3) is 0 Å². The smallest absolute Gasteiger partial charge is 0.417 e. The van der Waals surface area contributed by atoms with E-state index >= 15 is 0 Å². The number of halogens is 4. The van der Waals surface area contributed by atoms with Crippen molar-refractivity contribution in [2.45, 2.75) is 25.4 Å². The normalized spacial score (nSPS) is 16.5. The van der Waals surface area contributed by atoms with Crippen LogP contribution in [-0.2, 0) is 11.0 Å². The van der Waals surface area contributed by atoms with Crippen molar-refractivity contribution >= 4 is 29.4 Å². The second-order valence-electron chi connectivity index (χ2n) is 4.56. The number of ketones is 1. The van der Waals surface area contributed by atoms with Gasteiger partial charge in [0.25, 0.3) is 0 Å². The largest absolute Gasteiger partial charge is 0.512 e. The van der Waals surface area contributed by atoms with E-state index in [0.717, 1.165) is 12.3 Å². The molecule has 1 aliphatic rings. The van der Waals surface area contributed by atoms with Gasteiger partial charge in [-0.3, -0.25) is 10.2 Å². The third-order valence-electron chi connectivity index (χ3n) is 2.96. The summed E-state index contributed by atoms with van der Waals surface area (Å²) in [5, 5.41) is 13.0. The topological polar surface area (TPSA) is 74.6 Å². The first-order chi connectivity index (χ1) is 10.3. The second-order valence-corrected chi connectivity index (χ2v) is 4.97. The summed E-state index contributed by atoms with van der Waals surface area (Å²) in [4.78, 5) is 15.1. The molecule has 1 aromatic heterocycles. The van der Waals surface area contributed by atoms with Crippen molar-refractivity contribution in [1.82, 2.24) is 4.98 Å². The quantitative estimate of drug-likeness (QED) is 0.653. The number of aliphatic hydroxyl groups is 1. The highest BCUT2D eigenvalue weighted by Crippen LogP contribution is 2.32. The summed E-state index contributed by atoms with van der Waals surface area (Å²) < 4.78 is 37.4. The van der Waals surface area contributed by atoms with E-state index in [1.807, 2.05) is 0 Å². The monoisotopic (exact) mass is 333 g/mol. The molecule has 1 aliphatic carbocycles. The van der Waals surface area contributed by atoms with E-state index < -0.39 is 11.7 Å². The molecular formula is C13H11ClF3N3O2. The molecule has 0 aromatic carbocycles. The van der Waals surface area contributed by atoms with Crippen molar-refractivity contribution in [3.8, 4) is 0 Å². The molecule has 1 heterocycles. The average Bonchev–Trinajstić information content (AvgIpc) is 2.42. The number of hydrogen-bond acceptors (Lipinski definition) is 5. The van der Waals surface area contributed by atoms with Gasteiger partial charge >= 0.3 is 6.18 Å². The Hall–Kier alpha value is -2.09. The third kappa shape index (κ3) is 3.76. The number of rotatable bonds is 3. The Labute approximate surface area is 128 Å². The SMILES string of the molecule is O=C1CCCC(O)=C1/C=N\Nc1ncc(C(F)(F)F)cc1Cl. The Kier molecular flexibility index (Phi) is 4.70. The Morgan fingerprint density at radius 1 is 1.41 bits per heavy atom. The molecule has 22 heavy (non-hydrogen) atoms. The molecule has 0 unspecified atom stereocenters. The number of nitrogens with one attached hydrogen (secondary N) is 1. The maximum absolute atomic E-state index is 12.5. The number of Topliss-reactive ketones (excluding diaryl/α,β-unsaturated/α-hetero) is 1. The van der Waals surface area contributed by atoms with Crippen molar-refractivity contribution in [3.63, 3.8) is 0 Å². The molecule has 0 aliphatic heterocycles. The van der Waals surface area contributed by atoms with Gasteiger partial charge in [-0.25, -0.2) is 4.98 Å². The molecular weight excluding hydrogens is 323 g/mol. The van der Waals surface area contributed by atoms with Crippen LogP contribution in [0.5, 0.6) is 0 Å². The Morgan fingerprint density at radius 3 is 2.73 bits per heavy atom. The molecule has 0 spiro atoms. The number of hydrogen-bond donors (Lipinski definition) is 2. The summed E-state index contributed by atoms with van der Waals surface area (Å²) in [5.41, 5.74) is 1.44. The first-order valence-electron chi connectivity index (χ1n) is 6.26. The minimum atomic E-state index is -4.54. The van der Waals surface area contributed by atoms with Crippen molar-refractivity contribution in [2.24, 2.45) is 5.10 Å². The lowest BCUT2D eigenvalue weighted by molar-refractivity contribution is -0.137. The van der Waals surface area contributed by atoms with Gasteiger partial charge in [0.15, 0.2) is 11.6 Å². The zero-order valence-corrected chi connectivity index (χ0v) is 11.9. The Morgan fingerprint density at radius 2 is 2.14 bits per heavy atom. The number of carbonyl (C=O) groups is 1. The van der Waals surface area contributed by atoms with Crippen LogP contribution < -0.4 is 5.43 Å². The molecule has 0 radical (unpaired) electrons. The fraction of sp³-hybridized carbons (Fsp3) is 0.308. The third-order valence-corrected chi connectivity index (χ3v) is 3.25. The van der Waals surface area contributed by atoms with Gasteiger partial charge in [-0.1, -0.05) is 11.6 Å². The number of pyridine rings is 1. The molecule has 9 heteroatoms. The number of anilines is 1. The minimum absolute atomic E-state index is 0.0618. The number of carbonyl (C=O) groups excluding carboxylic acids is 1. The van der Waals surface area contributed by atoms with Gasteiger partial charge in [-0.15, -0.1) is 0 Å². The standard InChI is InChI=1S/C13H11ClF3N3O2/c14-9-4-7(13(15,16)17)5-18-12(9)20-19-6-8-10(21)2-1-3-11(8)22/h4-6,21H,1-3H2,(H,18,20)/b19-6-. The summed E-state index contributed by atoms with van der Waals surface area (Å²) in [6.45, 7) is 0. The zero-order valence-electron chi connectivity index (χ0n) is 11.1. The maximum atomic E-state index is 12.5. The number of aliphatic hydroxyl groups excluding tert-OH is 1. The van der Waals surface area contributed by atoms with E-state index in [4.69, 9.17) is 11.6 Å². The van der Waals surface area contributed by atoms with Crippen LogP contribution in [0.3, 0.4) is 0 Å². The molecule has 0 atom stereocenters. The van der Waals surface area contributed by atoms with E-state index in [1.165, 1.54) is 0 Å². The van der Waals surface area contributed by atoms with Gasteiger partial charge in [-0.2, -0.15) is 18.3 Å². The van der Waals surface area contributed by atoms with Crippen LogP contribution in [0.1, 0.15) is 24.8 Å². The highest BCUT2D eigenvalue weighted by molar-refractivity contribution is 6.33. The molecule has 1 aromatic rings. The Balaban J connectivity index is 2.12. The van der Waals surface area contributed by atoms with Crippen LogP contribution >= 0.6 is 11.6 Å². The molecule has 0 fully saturated rings. The lowest BCUT2D eigenvalue weighted by Crippen LogP contribution is -2.13. The molecule has 118 valence electrons. The molecule has 0 saturated carbocycles. The molecule has 2 rings (SSSR count). The van der Waals surface area contributed by atoms with Gasteiger partial charge in [0.1, 0.15) is 5.76 Å². The maximum Gasteiger partial charge on any atom is 0.417 e. The average molecular weight is 334 g/mol. The first-order valence-corrected chi connectivity index (χ1v) is 6.64. The van der Waals surface area contributed by atoms with E-state index in [2.05, 4.69) is 15.5 Å². The van der Waals surface area contributed by atoms with Crippen LogP contribution in [0, 0.1) is 0 Å². The van der Waals surface area contributed by atoms with E-state index in [-0.39, 0.29) is 28.0 Å². The van der Waals surface area contributed by atoms with Crippen LogP contribution in [0.4, 0.5) is 19.0 Å². The van der Waals surface area contributed by atoms with Crippen molar-refractivity contribution < 1.29 is 23.1 Å². The van der Waals surface area contributed by atoms with E-state index in [1.54, 1.807) is 0 Å². The summed E-state index contributed by atoms with van der Waals surface area (Å²) in [5.74, 6) is -0.400. The van der Waals surface area contributed by atoms with Crippen LogP contribution in [0.2, 0.25) is 5.02 Å². The first kappa shape index (κ1) is 16.3. The predicted molar refractivity (Wildman–Crippen MR) is 74.9 cm³/mol. The fourth-order valence-electron chi connectivity index (χ4n) is 1.83. The number of nitrogens with zero attached hydrogens (tertiary/aromatic N) is 2. The van der Waals surface area contributed by atoms with Crippen molar-refractivity contribution in [2.75, 3.05) is 5.43 Å². The van der Waals surface area contributed by atoms with Crippen LogP contribution in [-0.4, -0.2) is 22.1 Å². The Bertz CT molecular complexity index is 656. The summed E-state index contributed by atoms with van der Waals surface area (Å²) in [6.07, 6.45) is -1.55. The van der Waals surface area contributed by atoms with Gasteiger partial charge in [0, 0.05) is 19.0 Å². The van der Waals surface area contributed by atoms with Gasteiger partial charge in [-0.05, 0) is 12.5 Å². The number of aromatic nitrogens is 1. The van der Waals surface area contributed by atoms with Gasteiger partial charge < -0.3 is 5.11 Å². The highest BCUT2D eigenvalue weighted by atomic mass is 35.5. The van der Waals surface area contributed by atoms with Crippen molar-refractivity contribution in [1.29, 1.82) is 0 Å². The number of allylic oxidation sites excluding steroid dienone is 2. The number of alkyl halides is 3. The minimum Gasteiger partial charge on any atom is -0.512 e. The highest BCUT2D eigenvalue weighted by Gasteiger charge is 2.31. The van der Waals surface area contributed by atoms with Gasteiger partial charge in [0.05, 0.1) is 22.4 Å². The van der Waals surface area contributed by atoms with Gasteiger partial charge in [0.2, 0.25) is 0 Å². The van der Waals surface area contributed by atoms with E-state index in [9.17, 15) is 23.1 Å². The van der Waals surface area contributed by atoms with Crippen molar-refractivity contribution in [3.05, 3.63) is 34.2 Å². The molecule has 0 amide bonds. The second kappa shape index (κ2) is 6.35. The molecule has 5 nitrogen and oxygen atoms in total. The number of hydrazone groups is 1. The fourth-order valence-corrected chi connectivity index (χ4v) is 2.03.